The molecule has 2 heterocycles. The van der Waals surface area contributed by atoms with Crippen molar-refractivity contribution in [1.29, 1.82) is 0 Å². The summed E-state index contributed by atoms with van der Waals surface area (Å²) in [4.78, 5) is 18.7. The Morgan fingerprint density at radius 3 is 2.61 bits per heavy atom. The smallest absolute Gasteiger partial charge is 0.242 e. The molecule has 28 heavy (non-hydrogen) atoms. The molecule has 2 aromatic heterocycles. The van der Waals surface area contributed by atoms with Gasteiger partial charge in [-0.2, -0.15) is 5.10 Å². The van der Waals surface area contributed by atoms with Gasteiger partial charge in [-0.1, -0.05) is 30.3 Å². The summed E-state index contributed by atoms with van der Waals surface area (Å²) in [6, 6.07) is 18.3. The predicted molar refractivity (Wildman–Crippen MR) is 109 cm³/mol. The van der Waals surface area contributed by atoms with Crippen molar-refractivity contribution >= 4 is 16.8 Å². The van der Waals surface area contributed by atoms with Crippen molar-refractivity contribution in [2.75, 3.05) is 7.05 Å². The van der Waals surface area contributed by atoms with E-state index in [4.69, 9.17) is 0 Å². The lowest BCUT2D eigenvalue weighted by Gasteiger charge is -2.26. The number of rotatable bonds is 5. The van der Waals surface area contributed by atoms with Gasteiger partial charge in [-0.3, -0.25) is 4.79 Å². The normalized spacial score (nSPS) is 12.2. The molecular formula is C22H23N5O. The number of amides is 1. The fourth-order valence-electron chi connectivity index (χ4n) is 3.49. The monoisotopic (exact) mass is 373 g/mol. The van der Waals surface area contributed by atoms with E-state index in [2.05, 4.69) is 32.8 Å². The molecule has 0 spiro atoms. The first-order valence-corrected chi connectivity index (χ1v) is 9.30. The molecule has 2 aromatic carbocycles. The van der Waals surface area contributed by atoms with Gasteiger partial charge in [0.25, 0.3) is 0 Å². The second-order valence-corrected chi connectivity index (χ2v) is 7.04. The number of para-hydroxylation sites is 1. The number of hydrogen-bond donors (Lipinski definition) is 0. The van der Waals surface area contributed by atoms with E-state index in [1.54, 1.807) is 15.9 Å². The number of nitrogens with zero attached hydrogens (tertiary/aromatic N) is 5. The molecule has 142 valence electrons. The fraction of sp³-hybridized carbons (Fsp3) is 0.227. The molecule has 4 rings (SSSR count). The van der Waals surface area contributed by atoms with E-state index in [1.165, 1.54) is 6.33 Å². The van der Waals surface area contributed by atoms with Crippen LogP contribution in [0.4, 0.5) is 0 Å². The maximum Gasteiger partial charge on any atom is 0.242 e. The second-order valence-electron chi connectivity index (χ2n) is 7.04. The Hall–Kier alpha value is -3.41. The van der Waals surface area contributed by atoms with Crippen LogP contribution in [0.1, 0.15) is 24.2 Å². The largest absolute Gasteiger partial charge is 0.337 e. The van der Waals surface area contributed by atoms with Gasteiger partial charge in [0.15, 0.2) is 0 Å². The van der Waals surface area contributed by atoms with Gasteiger partial charge in [-0.15, -0.1) is 0 Å². The number of fused-ring (bicyclic) bond motifs is 1. The zero-order chi connectivity index (χ0) is 19.7. The molecule has 0 saturated heterocycles. The number of likely N-dealkylation sites (N-methyl/N-ethyl adjacent to an activating group) is 1. The highest BCUT2D eigenvalue weighted by molar-refractivity contribution is 5.84. The quantitative estimate of drug-likeness (QED) is 0.535. The molecule has 0 bridgehead atoms. The molecule has 1 atom stereocenters. The van der Waals surface area contributed by atoms with Crippen LogP contribution in [-0.4, -0.2) is 37.2 Å². The van der Waals surface area contributed by atoms with E-state index in [-0.39, 0.29) is 11.9 Å². The van der Waals surface area contributed by atoms with Gasteiger partial charge >= 0.3 is 0 Å². The molecule has 1 amide bonds. The van der Waals surface area contributed by atoms with Gasteiger partial charge in [0, 0.05) is 18.3 Å². The topological polar surface area (TPSA) is 56.0 Å². The Balaban J connectivity index is 1.51. The van der Waals surface area contributed by atoms with E-state index < -0.39 is 0 Å². The zero-order valence-electron chi connectivity index (χ0n) is 16.3. The number of aryl methyl sites for hydroxylation is 1. The van der Waals surface area contributed by atoms with Crippen LogP contribution in [0, 0.1) is 6.92 Å². The summed E-state index contributed by atoms with van der Waals surface area (Å²) in [5.41, 5.74) is 4.20. The molecule has 6 nitrogen and oxygen atoms in total. The summed E-state index contributed by atoms with van der Waals surface area (Å²) in [5.74, 6) is 0.0808. The number of carbonyl (C=O) groups is 1. The summed E-state index contributed by atoms with van der Waals surface area (Å²) in [6.07, 6.45) is 3.17. The van der Waals surface area contributed by atoms with Gasteiger partial charge in [-0.25, -0.2) is 9.67 Å². The van der Waals surface area contributed by atoms with Gasteiger partial charge in [0.2, 0.25) is 5.91 Å². The van der Waals surface area contributed by atoms with Crippen LogP contribution in [0.15, 0.2) is 67.3 Å². The Morgan fingerprint density at radius 2 is 1.89 bits per heavy atom. The van der Waals surface area contributed by atoms with Crippen LogP contribution >= 0.6 is 0 Å². The third-order valence-corrected chi connectivity index (χ3v) is 5.34. The van der Waals surface area contributed by atoms with Crippen molar-refractivity contribution in [2.45, 2.75) is 26.4 Å². The zero-order valence-corrected chi connectivity index (χ0v) is 16.3. The molecule has 0 fully saturated rings. The Kier molecular flexibility index (Phi) is 4.69. The van der Waals surface area contributed by atoms with Gasteiger partial charge in [-0.05, 0) is 49.1 Å². The average molecular weight is 373 g/mol. The van der Waals surface area contributed by atoms with Crippen molar-refractivity contribution in [2.24, 2.45) is 0 Å². The minimum atomic E-state index is -0.0283. The minimum absolute atomic E-state index is 0.0283. The summed E-state index contributed by atoms with van der Waals surface area (Å²) in [5, 5.41) is 5.30. The number of hydrogen-bond acceptors (Lipinski definition) is 3. The molecule has 0 aliphatic carbocycles. The van der Waals surface area contributed by atoms with Crippen LogP contribution in [-0.2, 0) is 11.3 Å². The van der Waals surface area contributed by atoms with Gasteiger partial charge < -0.3 is 9.47 Å². The van der Waals surface area contributed by atoms with E-state index in [0.29, 0.717) is 6.54 Å². The first-order valence-electron chi connectivity index (χ1n) is 9.30. The Morgan fingerprint density at radius 1 is 1.14 bits per heavy atom. The van der Waals surface area contributed by atoms with Crippen LogP contribution in [0.25, 0.3) is 16.6 Å². The van der Waals surface area contributed by atoms with Crippen molar-refractivity contribution < 1.29 is 4.79 Å². The molecule has 4 aromatic rings. The van der Waals surface area contributed by atoms with Gasteiger partial charge in [0.1, 0.15) is 19.2 Å². The third kappa shape index (κ3) is 3.29. The predicted octanol–water partition coefficient (Wildman–Crippen LogP) is 3.75. The molecule has 0 unspecified atom stereocenters. The second kappa shape index (κ2) is 7.31. The lowest BCUT2D eigenvalue weighted by atomic mass is 10.1. The molecular weight excluding hydrogens is 350 g/mol. The maximum atomic E-state index is 13.0. The first kappa shape index (κ1) is 18.0. The summed E-state index contributed by atoms with van der Waals surface area (Å²) < 4.78 is 3.79. The standard InChI is InChI=1S/C22H23N5O/c1-16-12-19-6-4-5-7-21(19)26(16)13-22(28)25(3)17(2)18-8-10-20(11-9-18)27-15-23-14-24-27/h4-12,14-15,17H,13H2,1-3H3/t17-/m1/s1. The molecule has 0 aliphatic rings. The first-order chi connectivity index (χ1) is 13.5. The van der Waals surface area contributed by atoms with E-state index >= 15 is 0 Å². The summed E-state index contributed by atoms with van der Waals surface area (Å²) in [7, 11) is 1.86. The Bertz CT molecular complexity index is 1100. The highest BCUT2D eigenvalue weighted by Crippen LogP contribution is 2.23. The third-order valence-electron chi connectivity index (χ3n) is 5.34. The van der Waals surface area contributed by atoms with Crippen molar-refractivity contribution in [3.8, 4) is 5.69 Å². The van der Waals surface area contributed by atoms with Crippen molar-refractivity contribution in [1.82, 2.24) is 24.2 Å². The highest BCUT2D eigenvalue weighted by atomic mass is 16.2. The Labute approximate surface area is 164 Å². The van der Waals surface area contributed by atoms with Crippen molar-refractivity contribution in [3.63, 3.8) is 0 Å². The number of carbonyl (C=O) groups excluding carboxylic acids is 1. The summed E-state index contributed by atoms with van der Waals surface area (Å²) >= 11 is 0. The lowest BCUT2D eigenvalue weighted by molar-refractivity contribution is -0.132. The molecule has 0 N–H and O–H groups in total. The molecule has 0 aliphatic heterocycles. The van der Waals surface area contributed by atoms with Gasteiger partial charge in [0.05, 0.1) is 11.7 Å². The fourth-order valence-corrected chi connectivity index (χ4v) is 3.49. The number of aromatic nitrogens is 4. The lowest BCUT2D eigenvalue weighted by Crippen LogP contribution is -2.32. The number of benzene rings is 2. The molecule has 6 heteroatoms. The average Bonchev–Trinajstić information content (AvgIpc) is 3.36. The van der Waals surface area contributed by atoms with Crippen molar-refractivity contribution in [3.05, 3.63) is 78.5 Å². The van der Waals surface area contributed by atoms with E-state index in [9.17, 15) is 4.79 Å². The van der Waals surface area contributed by atoms with E-state index in [1.807, 2.05) is 57.3 Å². The molecule has 0 radical (unpaired) electrons. The highest BCUT2D eigenvalue weighted by Gasteiger charge is 2.19. The summed E-state index contributed by atoms with van der Waals surface area (Å²) in [6.45, 7) is 4.42. The van der Waals surface area contributed by atoms with Crippen LogP contribution in [0.3, 0.4) is 0 Å². The van der Waals surface area contributed by atoms with E-state index in [0.717, 1.165) is 27.8 Å². The minimum Gasteiger partial charge on any atom is -0.337 e. The molecule has 0 saturated carbocycles. The van der Waals surface area contributed by atoms with Crippen LogP contribution < -0.4 is 0 Å². The SMILES string of the molecule is Cc1cc2ccccc2n1CC(=O)N(C)[C@H](C)c1ccc(-n2cncn2)cc1. The maximum absolute atomic E-state index is 13.0. The van der Waals surface area contributed by atoms with Crippen LogP contribution in [0.5, 0.6) is 0 Å². The van der Waals surface area contributed by atoms with Crippen LogP contribution in [0.2, 0.25) is 0 Å².